The van der Waals surface area contributed by atoms with Crippen molar-refractivity contribution in [1.82, 2.24) is 4.90 Å². The van der Waals surface area contributed by atoms with E-state index in [1.54, 1.807) is 12.1 Å². The van der Waals surface area contributed by atoms with Gasteiger partial charge in [-0.15, -0.1) is 0 Å². The Labute approximate surface area is 175 Å². The molecule has 1 saturated carbocycles. The standard InChI is InChI=1S/C24H25NO5/c1-2-27-20-9-5-6-10-21(20)30-22-14-28-24-17(23(22)26)11-12-19-18(24)13-25(15-29-19)16-7-3-4-8-16/h5-6,9-12,14,16H,2-4,7-8,13,15H2,1H3. The third-order valence-corrected chi connectivity index (χ3v) is 5.93. The van der Waals surface area contributed by atoms with Crippen molar-refractivity contribution in [2.45, 2.75) is 45.2 Å². The van der Waals surface area contributed by atoms with E-state index in [1.807, 2.05) is 31.2 Å². The number of rotatable bonds is 5. The Morgan fingerprint density at radius 2 is 1.87 bits per heavy atom. The maximum Gasteiger partial charge on any atom is 0.235 e. The second-order valence-electron chi connectivity index (χ2n) is 7.79. The van der Waals surface area contributed by atoms with Crippen molar-refractivity contribution >= 4 is 11.0 Å². The molecular weight excluding hydrogens is 382 g/mol. The summed E-state index contributed by atoms with van der Waals surface area (Å²) in [6, 6.07) is 11.4. The summed E-state index contributed by atoms with van der Waals surface area (Å²) >= 11 is 0. The second-order valence-corrected chi connectivity index (χ2v) is 7.79. The van der Waals surface area contributed by atoms with Crippen LogP contribution in [0, 0.1) is 0 Å². The zero-order valence-corrected chi connectivity index (χ0v) is 17.1. The van der Waals surface area contributed by atoms with Crippen molar-refractivity contribution in [3.8, 4) is 23.0 Å². The maximum atomic E-state index is 13.1. The molecule has 0 radical (unpaired) electrons. The van der Waals surface area contributed by atoms with Gasteiger partial charge in [0.1, 0.15) is 24.3 Å². The summed E-state index contributed by atoms with van der Waals surface area (Å²) in [6.07, 6.45) is 6.32. The summed E-state index contributed by atoms with van der Waals surface area (Å²) in [6.45, 7) is 3.73. The SMILES string of the molecule is CCOc1ccccc1Oc1coc2c3c(ccc2c1=O)OCN(C1CCCC1)C3. The van der Waals surface area contributed by atoms with Crippen LogP contribution >= 0.6 is 0 Å². The van der Waals surface area contributed by atoms with Gasteiger partial charge in [-0.1, -0.05) is 25.0 Å². The van der Waals surface area contributed by atoms with Crippen molar-refractivity contribution in [2.24, 2.45) is 0 Å². The van der Waals surface area contributed by atoms with Crippen LogP contribution in [0.15, 0.2) is 51.9 Å². The summed E-state index contributed by atoms with van der Waals surface area (Å²) in [7, 11) is 0. The maximum absolute atomic E-state index is 13.1. The van der Waals surface area contributed by atoms with Crippen molar-refractivity contribution in [3.63, 3.8) is 0 Å². The number of nitrogens with zero attached hydrogens (tertiary/aromatic N) is 1. The summed E-state index contributed by atoms with van der Waals surface area (Å²) in [5.41, 5.74) is 1.30. The van der Waals surface area contributed by atoms with Gasteiger partial charge < -0.3 is 18.6 Å². The summed E-state index contributed by atoms with van der Waals surface area (Å²) in [5, 5.41) is 0.497. The molecule has 0 amide bonds. The second kappa shape index (κ2) is 8.03. The van der Waals surface area contributed by atoms with Crippen molar-refractivity contribution < 1.29 is 18.6 Å². The van der Waals surface area contributed by atoms with E-state index >= 15 is 0 Å². The minimum atomic E-state index is -0.205. The Hall–Kier alpha value is -2.99. The molecule has 0 atom stereocenters. The highest BCUT2D eigenvalue weighted by molar-refractivity contribution is 5.83. The number of ether oxygens (including phenoxy) is 3. The van der Waals surface area contributed by atoms with Crippen LogP contribution in [0.25, 0.3) is 11.0 Å². The lowest BCUT2D eigenvalue weighted by Crippen LogP contribution is -2.39. The highest BCUT2D eigenvalue weighted by Crippen LogP contribution is 2.36. The lowest BCUT2D eigenvalue weighted by atomic mass is 10.1. The largest absolute Gasteiger partial charge is 0.490 e. The molecule has 0 saturated heterocycles. The summed E-state index contributed by atoms with van der Waals surface area (Å²) in [5.74, 6) is 2.00. The molecule has 0 N–H and O–H groups in total. The van der Waals surface area contributed by atoms with Gasteiger partial charge in [0.05, 0.1) is 17.6 Å². The van der Waals surface area contributed by atoms with Gasteiger partial charge >= 0.3 is 0 Å². The van der Waals surface area contributed by atoms with Gasteiger partial charge in [-0.05, 0) is 44.0 Å². The Morgan fingerprint density at radius 3 is 2.67 bits per heavy atom. The predicted molar refractivity (Wildman–Crippen MR) is 113 cm³/mol. The van der Waals surface area contributed by atoms with Crippen molar-refractivity contribution in [1.29, 1.82) is 0 Å². The monoisotopic (exact) mass is 407 g/mol. The van der Waals surface area contributed by atoms with E-state index in [-0.39, 0.29) is 11.2 Å². The van der Waals surface area contributed by atoms with Crippen LogP contribution in [0.3, 0.4) is 0 Å². The topological polar surface area (TPSA) is 61.1 Å². The van der Waals surface area contributed by atoms with E-state index in [4.69, 9.17) is 18.6 Å². The van der Waals surface area contributed by atoms with Gasteiger partial charge in [-0.25, -0.2) is 0 Å². The summed E-state index contributed by atoms with van der Waals surface area (Å²) in [4.78, 5) is 15.5. The number of para-hydroxylation sites is 2. The molecule has 6 heteroatoms. The number of benzene rings is 2. The van der Waals surface area contributed by atoms with Crippen LogP contribution < -0.4 is 19.6 Å². The highest BCUT2D eigenvalue weighted by Gasteiger charge is 2.29. The lowest BCUT2D eigenvalue weighted by Gasteiger charge is -2.33. The minimum absolute atomic E-state index is 0.138. The van der Waals surface area contributed by atoms with Crippen LogP contribution in [-0.4, -0.2) is 24.3 Å². The lowest BCUT2D eigenvalue weighted by molar-refractivity contribution is 0.0581. The van der Waals surface area contributed by atoms with Crippen molar-refractivity contribution in [2.75, 3.05) is 13.3 Å². The molecule has 2 heterocycles. The number of hydrogen-bond donors (Lipinski definition) is 0. The van der Waals surface area contributed by atoms with Gasteiger partial charge in [0.25, 0.3) is 0 Å². The molecule has 3 aromatic rings. The molecule has 6 nitrogen and oxygen atoms in total. The van der Waals surface area contributed by atoms with Gasteiger partial charge in [0, 0.05) is 12.6 Å². The third kappa shape index (κ3) is 3.41. The average molecular weight is 407 g/mol. The molecule has 5 rings (SSSR count). The van der Waals surface area contributed by atoms with Gasteiger partial charge in [0.15, 0.2) is 11.5 Å². The molecule has 1 aliphatic heterocycles. The fourth-order valence-electron chi connectivity index (χ4n) is 4.41. The zero-order valence-electron chi connectivity index (χ0n) is 17.1. The Morgan fingerprint density at radius 1 is 1.07 bits per heavy atom. The van der Waals surface area contributed by atoms with Crippen LogP contribution in [0.1, 0.15) is 38.2 Å². The molecule has 1 fully saturated rings. The fourth-order valence-corrected chi connectivity index (χ4v) is 4.41. The van der Waals surface area contributed by atoms with Crippen LogP contribution in [-0.2, 0) is 6.54 Å². The normalized spacial score (nSPS) is 17.0. The Balaban J connectivity index is 1.49. The minimum Gasteiger partial charge on any atom is -0.490 e. The fraction of sp³-hybridized carbons (Fsp3) is 0.375. The molecule has 2 aromatic carbocycles. The van der Waals surface area contributed by atoms with E-state index in [9.17, 15) is 4.79 Å². The number of fused-ring (bicyclic) bond motifs is 3. The average Bonchev–Trinajstić information content (AvgIpc) is 3.31. The molecule has 2 aliphatic rings. The molecule has 156 valence electrons. The first kappa shape index (κ1) is 19.0. The Bertz CT molecular complexity index is 1120. The molecule has 1 aliphatic carbocycles. The smallest absolute Gasteiger partial charge is 0.235 e. The zero-order chi connectivity index (χ0) is 20.5. The predicted octanol–water partition coefficient (Wildman–Crippen LogP) is 5.08. The van der Waals surface area contributed by atoms with E-state index in [0.29, 0.717) is 41.8 Å². The third-order valence-electron chi connectivity index (χ3n) is 5.93. The molecule has 0 bridgehead atoms. The molecule has 1 aromatic heterocycles. The molecule has 0 spiro atoms. The van der Waals surface area contributed by atoms with E-state index in [0.717, 1.165) is 17.9 Å². The first-order valence-corrected chi connectivity index (χ1v) is 10.6. The molecule has 30 heavy (non-hydrogen) atoms. The highest BCUT2D eigenvalue weighted by atomic mass is 16.5. The van der Waals surface area contributed by atoms with E-state index in [1.165, 1.54) is 31.9 Å². The van der Waals surface area contributed by atoms with Gasteiger partial charge in [-0.2, -0.15) is 0 Å². The Kier molecular flexibility index (Phi) is 5.09. The quantitative estimate of drug-likeness (QED) is 0.588. The van der Waals surface area contributed by atoms with E-state index in [2.05, 4.69) is 4.90 Å². The molecule has 0 unspecified atom stereocenters. The van der Waals surface area contributed by atoms with E-state index < -0.39 is 0 Å². The first-order chi connectivity index (χ1) is 14.7. The van der Waals surface area contributed by atoms with Gasteiger partial charge in [0.2, 0.25) is 11.2 Å². The van der Waals surface area contributed by atoms with Crippen LogP contribution in [0.5, 0.6) is 23.0 Å². The summed E-state index contributed by atoms with van der Waals surface area (Å²) < 4.78 is 23.4. The van der Waals surface area contributed by atoms with Crippen LogP contribution in [0.4, 0.5) is 0 Å². The van der Waals surface area contributed by atoms with Crippen molar-refractivity contribution in [3.05, 3.63) is 58.4 Å². The molecular formula is C24H25NO5. The first-order valence-electron chi connectivity index (χ1n) is 10.6. The number of hydrogen-bond acceptors (Lipinski definition) is 6. The van der Waals surface area contributed by atoms with Gasteiger partial charge in [-0.3, -0.25) is 9.69 Å². The van der Waals surface area contributed by atoms with Crippen LogP contribution in [0.2, 0.25) is 0 Å².